The van der Waals surface area contributed by atoms with Crippen molar-refractivity contribution in [3.05, 3.63) is 0 Å². The first kappa shape index (κ1) is 17.5. The molecule has 0 radical (unpaired) electrons. The highest BCUT2D eigenvalue weighted by Gasteiger charge is 1.97. The predicted octanol–water partition coefficient (Wildman–Crippen LogP) is 3.89. The number of hydrogen-bond acceptors (Lipinski definition) is 4. The van der Waals surface area contributed by atoms with Gasteiger partial charge in [0.15, 0.2) is 0 Å². The zero-order valence-electron chi connectivity index (χ0n) is 11.3. The van der Waals surface area contributed by atoms with E-state index in [0.29, 0.717) is 13.2 Å². The van der Waals surface area contributed by atoms with Crippen LogP contribution in [0.1, 0.15) is 57.8 Å². The van der Waals surface area contributed by atoms with Gasteiger partial charge in [-0.3, -0.25) is 0 Å². The van der Waals surface area contributed by atoms with E-state index in [1.807, 2.05) is 0 Å². The second-order valence-corrected chi connectivity index (χ2v) is 4.41. The number of carboxylic acid groups (broad SMARTS) is 2. The van der Waals surface area contributed by atoms with Crippen molar-refractivity contribution in [1.29, 1.82) is 0 Å². The van der Waals surface area contributed by atoms with Crippen LogP contribution in [0.15, 0.2) is 0 Å². The topological polar surface area (TPSA) is 93.1 Å². The van der Waals surface area contributed by atoms with E-state index in [1.54, 1.807) is 0 Å². The maximum absolute atomic E-state index is 10.1. The number of unbranched alkanes of at least 4 members (excludes halogenated alkanes) is 8. The number of hydrogen-bond donors (Lipinski definition) is 2. The lowest BCUT2D eigenvalue weighted by atomic mass is 10.1. The van der Waals surface area contributed by atoms with Crippen LogP contribution in [-0.2, 0) is 9.47 Å². The van der Waals surface area contributed by atoms with E-state index in [1.165, 1.54) is 6.42 Å². The first-order valence-electron chi connectivity index (χ1n) is 6.84. The Hall–Kier alpha value is -1.46. The van der Waals surface area contributed by atoms with Gasteiger partial charge in [-0.05, 0) is 12.8 Å². The number of rotatable bonds is 12. The second-order valence-electron chi connectivity index (χ2n) is 4.41. The van der Waals surface area contributed by atoms with Crippen molar-refractivity contribution < 1.29 is 29.3 Å². The van der Waals surface area contributed by atoms with Gasteiger partial charge < -0.3 is 19.7 Å². The van der Waals surface area contributed by atoms with Gasteiger partial charge in [0.2, 0.25) is 0 Å². The molecule has 2 N–H and O–H groups in total. The molecule has 0 aliphatic carbocycles. The van der Waals surface area contributed by atoms with E-state index in [9.17, 15) is 9.59 Å². The fourth-order valence-electron chi connectivity index (χ4n) is 1.76. The van der Waals surface area contributed by atoms with Gasteiger partial charge in [0, 0.05) is 0 Å². The summed E-state index contributed by atoms with van der Waals surface area (Å²) < 4.78 is 8.81. The maximum atomic E-state index is 10.1. The minimum atomic E-state index is -1.20. The Morgan fingerprint density at radius 3 is 1.11 bits per heavy atom. The first-order chi connectivity index (χ1) is 9.13. The molecule has 0 heterocycles. The average molecular weight is 276 g/mol. The van der Waals surface area contributed by atoms with Crippen molar-refractivity contribution in [3.63, 3.8) is 0 Å². The van der Waals surface area contributed by atoms with Crippen molar-refractivity contribution in [1.82, 2.24) is 0 Å². The van der Waals surface area contributed by atoms with E-state index in [-0.39, 0.29) is 0 Å². The molecule has 0 saturated heterocycles. The molecule has 0 spiro atoms. The summed E-state index contributed by atoms with van der Waals surface area (Å²) in [4.78, 5) is 20.1. The van der Waals surface area contributed by atoms with Crippen LogP contribution in [-0.4, -0.2) is 35.7 Å². The molecule has 19 heavy (non-hydrogen) atoms. The third-order valence-corrected chi connectivity index (χ3v) is 2.74. The van der Waals surface area contributed by atoms with Crippen LogP contribution in [0.5, 0.6) is 0 Å². The highest BCUT2D eigenvalue weighted by atomic mass is 16.7. The molecule has 0 bridgehead atoms. The first-order valence-corrected chi connectivity index (χ1v) is 6.84. The predicted molar refractivity (Wildman–Crippen MR) is 69.5 cm³/mol. The monoisotopic (exact) mass is 276 g/mol. The molecular weight excluding hydrogens is 252 g/mol. The summed E-state index contributed by atoms with van der Waals surface area (Å²) in [5.74, 6) is 0. The second kappa shape index (κ2) is 13.0. The van der Waals surface area contributed by atoms with E-state index in [0.717, 1.165) is 51.4 Å². The summed E-state index contributed by atoms with van der Waals surface area (Å²) in [6.45, 7) is 0.581. The SMILES string of the molecule is O=C(O)OCCCCCCCCCCCOC(=O)O. The Labute approximate surface area is 113 Å². The summed E-state index contributed by atoms with van der Waals surface area (Å²) in [5, 5.41) is 16.5. The molecule has 0 amide bonds. The molecule has 0 fully saturated rings. The molecule has 0 rings (SSSR count). The van der Waals surface area contributed by atoms with Gasteiger partial charge in [0.1, 0.15) is 0 Å². The molecule has 0 aliphatic rings. The molecule has 6 heteroatoms. The largest absolute Gasteiger partial charge is 0.505 e. The molecule has 0 aromatic carbocycles. The van der Waals surface area contributed by atoms with Crippen LogP contribution >= 0.6 is 0 Å². The lowest BCUT2D eigenvalue weighted by Gasteiger charge is -2.03. The number of carbonyl (C=O) groups is 2. The Morgan fingerprint density at radius 1 is 0.579 bits per heavy atom. The van der Waals surface area contributed by atoms with Gasteiger partial charge in [-0.15, -0.1) is 0 Å². The van der Waals surface area contributed by atoms with Crippen molar-refractivity contribution in [2.75, 3.05) is 13.2 Å². The van der Waals surface area contributed by atoms with Gasteiger partial charge in [-0.1, -0.05) is 44.9 Å². The lowest BCUT2D eigenvalue weighted by Crippen LogP contribution is -2.01. The number of ether oxygens (including phenoxy) is 2. The van der Waals surface area contributed by atoms with Crippen LogP contribution in [0.25, 0.3) is 0 Å². The van der Waals surface area contributed by atoms with E-state index < -0.39 is 12.3 Å². The lowest BCUT2D eigenvalue weighted by molar-refractivity contribution is 0.0888. The quantitative estimate of drug-likeness (QED) is 0.415. The standard InChI is InChI=1S/C13H24O6/c14-12(15)18-10-8-6-4-2-1-3-5-7-9-11-19-13(16)17/h1-11H2,(H,14,15)(H,16,17). The average Bonchev–Trinajstić information content (AvgIpc) is 2.34. The van der Waals surface area contributed by atoms with Gasteiger partial charge in [-0.2, -0.15) is 0 Å². The van der Waals surface area contributed by atoms with Crippen molar-refractivity contribution in [3.8, 4) is 0 Å². The van der Waals surface area contributed by atoms with E-state index in [4.69, 9.17) is 10.2 Å². The third-order valence-electron chi connectivity index (χ3n) is 2.74. The highest BCUT2D eigenvalue weighted by molar-refractivity contribution is 5.56. The fourth-order valence-corrected chi connectivity index (χ4v) is 1.76. The maximum Gasteiger partial charge on any atom is 0.505 e. The van der Waals surface area contributed by atoms with Gasteiger partial charge in [0.05, 0.1) is 13.2 Å². The normalized spacial score (nSPS) is 10.1. The van der Waals surface area contributed by atoms with E-state index >= 15 is 0 Å². The molecule has 0 aromatic heterocycles. The van der Waals surface area contributed by atoms with Gasteiger partial charge >= 0.3 is 12.3 Å². The van der Waals surface area contributed by atoms with Crippen molar-refractivity contribution in [2.24, 2.45) is 0 Å². The highest BCUT2D eigenvalue weighted by Crippen LogP contribution is 2.09. The third kappa shape index (κ3) is 16.5. The smallest absolute Gasteiger partial charge is 0.450 e. The van der Waals surface area contributed by atoms with Crippen LogP contribution in [0.2, 0.25) is 0 Å². The molecule has 0 aliphatic heterocycles. The van der Waals surface area contributed by atoms with Crippen molar-refractivity contribution >= 4 is 12.3 Å². The summed E-state index contributed by atoms with van der Waals surface area (Å²) in [5.41, 5.74) is 0. The molecule has 112 valence electrons. The molecule has 6 nitrogen and oxygen atoms in total. The summed E-state index contributed by atoms with van der Waals surface area (Å²) in [6, 6.07) is 0. The van der Waals surface area contributed by atoms with Crippen LogP contribution in [0.4, 0.5) is 9.59 Å². The van der Waals surface area contributed by atoms with Crippen LogP contribution < -0.4 is 0 Å². The van der Waals surface area contributed by atoms with Gasteiger partial charge in [0.25, 0.3) is 0 Å². The van der Waals surface area contributed by atoms with Gasteiger partial charge in [-0.25, -0.2) is 9.59 Å². The van der Waals surface area contributed by atoms with Crippen LogP contribution in [0, 0.1) is 0 Å². The van der Waals surface area contributed by atoms with E-state index in [2.05, 4.69) is 9.47 Å². The zero-order chi connectivity index (χ0) is 14.3. The minimum absolute atomic E-state index is 0.291. The Balaban J connectivity index is 2.99. The molecule has 0 saturated carbocycles. The van der Waals surface area contributed by atoms with Crippen LogP contribution in [0.3, 0.4) is 0 Å². The van der Waals surface area contributed by atoms with Crippen molar-refractivity contribution in [2.45, 2.75) is 57.8 Å². The fraction of sp³-hybridized carbons (Fsp3) is 0.846. The summed E-state index contributed by atoms with van der Waals surface area (Å²) in [7, 11) is 0. The molecule has 0 unspecified atom stereocenters. The molecular formula is C13H24O6. The summed E-state index contributed by atoms with van der Waals surface area (Å²) >= 11 is 0. The molecule has 0 aromatic rings. The minimum Gasteiger partial charge on any atom is -0.450 e. The summed E-state index contributed by atoms with van der Waals surface area (Å²) in [6.07, 6.45) is 6.85. The Kier molecular flexibility index (Phi) is 12.0. The Bertz CT molecular complexity index is 217. The zero-order valence-corrected chi connectivity index (χ0v) is 11.3. The molecule has 0 atom stereocenters. The Morgan fingerprint density at radius 2 is 0.842 bits per heavy atom.